The fourth-order valence-corrected chi connectivity index (χ4v) is 3.25. The highest BCUT2D eigenvalue weighted by Crippen LogP contribution is 2.32. The van der Waals surface area contributed by atoms with Gasteiger partial charge in [-0.2, -0.15) is 0 Å². The van der Waals surface area contributed by atoms with E-state index in [2.05, 4.69) is 18.8 Å². The van der Waals surface area contributed by atoms with Crippen molar-refractivity contribution in [2.45, 2.75) is 40.2 Å². The molecule has 0 aromatic heterocycles. The maximum Gasteiger partial charge on any atom is 0.266 e. The normalized spacial score (nSPS) is 19.7. The van der Waals surface area contributed by atoms with Crippen molar-refractivity contribution in [3.8, 4) is 5.75 Å². The third kappa shape index (κ3) is 4.38. The van der Waals surface area contributed by atoms with Gasteiger partial charge in [-0.05, 0) is 62.7 Å². The predicted octanol–water partition coefficient (Wildman–Crippen LogP) is 4.18. The van der Waals surface area contributed by atoms with Crippen LogP contribution in [0.4, 0.5) is 0 Å². The number of thioether (sulfide) groups is 1. The molecule has 1 amide bonds. The number of nitrogens with zero attached hydrogens (tertiary/aromatic N) is 2. The van der Waals surface area contributed by atoms with Gasteiger partial charge in [-0.25, -0.2) is 0 Å². The molecule has 4 nitrogen and oxygen atoms in total. The second-order valence-corrected chi connectivity index (χ2v) is 6.33. The summed E-state index contributed by atoms with van der Waals surface area (Å²) >= 11 is 1.45. The van der Waals surface area contributed by atoms with Crippen LogP contribution >= 0.6 is 11.8 Å². The molecule has 0 N–H and O–H groups in total. The molecule has 1 aromatic rings. The van der Waals surface area contributed by atoms with Gasteiger partial charge in [0, 0.05) is 13.1 Å². The Morgan fingerprint density at radius 1 is 1.26 bits per heavy atom. The van der Waals surface area contributed by atoms with E-state index in [1.54, 1.807) is 4.90 Å². The van der Waals surface area contributed by atoms with Gasteiger partial charge in [-0.3, -0.25) is 14.7 Å². The van der Waals surface area contributed by atoms with Crippen molar-refractivity contribution < 1.29 is 9.53 Å². The first-order valence-electron chi connectivity index (χ1n) is 8.11. The minimum absolute atomic E-state index is 0.0321. The van der Waals surface area contributed by atoms with Crippen LogP contribution < -0.4 is 4.74 Å². The lowest BCUT2D eigenvalue weighted by atomic mass is 10.2. The zero-order valence-electron chi connectivity index (χ0n) is 14.2. The molecule has 23 heavy (non-hydrogen) atoms. The molecule has 1 aromatic carbocycles. The molecule has 1 fully saturated rings. The number of hydrogen-bond donors (Lipinski definition) is 0. The first-order valence-corrected chi connectivity index (χ1v) is 8.93. The number of rotatable bonds is 6. The molecule has 1 atom stereocenters. The molecule has 2 rings (SSSR count). The SMILES string of the molecule is CCN=C1S/C(=C/c2ccc(O[C@@H](C)CC)cc2)C(=O)N1CC. The zero-order chi connectivity index (χ0) is 16.8. The number of amides is 1. The molecular weight excluding hydrogens is 308 g/mol. The van der Waals surface area contributed by atoms with Crippen molar-refractivity contribution in [3.05, 3.63) is 34.7 Å². The topological polar surface area (TPSA) is 41.9 Å². The summed E-state index contributed by atoms with van der Waals surface area (Å²) < 4.78 is 5.77. The van der Waals surface area contributed by atoms with Crippen molar-refractivity contribution in [3.63, 3.8) is 0 Å². The Morgan fingerprint density at radius 2 is 1.96 bits per heavy atom. The number of amidine groups is 1. The molecule has 1 heterocycles. The van der Waals surface area contributed by atoms with E-state index >= 15 is 0 Å². The molecule has 0 bridgehead atoms. The Kier molecular flexibility index (Phi) is 6.28. The van der Waals surface area contributed by atoms with Crippen molar-refractivity contribution in [1.82, 2.24) is 4.90 Å². The maximum absolute atomic E-state index is 12.4. The number of aliphatic imine (C=N–C) groups is 1. The third-order valence-electron chi connectivity index (χ3n) is 3.59. The summed E-state index contributed by atoms with van der Waals surface area (Å²) in [6, 6.07) is 7.84. The lowest BCUT2D eigenvalue weighted by molar-refractivity contribution is -0.122. The second kappa shape index (κ2) is 8.20. The van der Waals surface area contributed by atoms with Gasteiger partial charge in [0.15, 0.2) is 5.17 Å². The minimum Gasteiger partial charge on any atom is -0.491 e. The molecule has 1 aliphatic heterocycles. The zero-order valence-corrected chi connectivity index (χ0v) is 15.0. The van der Waals surface area contributed by atoms with E-state index in [4.69, 9.17) is 4.74 Å². The van der Waals surface area contributed by atoms with Crippen LogP contribution in [0.25, 0.3) is 6.08 Å². The Labute approximate surface area is 142 Å². The van der Waals surface area contributed by atoms with Crippen LogP contribution in [0.15, 0.2) is 34.2 Å². The van der Waals surface area contributed by atoms with Crippen molar-refractivity contribution in [2.75, 3.05) is 13.1 Å². The Balaban J connectivity index is 2.15. The Bertz CT molecular complexity index is 608. The van der Waals surface area contributed by atoms with E-state index in [9.17, 15) is 4.79 Å². The number of likely N-dealkylation sites (N-methyl/N-ethyl adjacent to an activating group) is 1. The molecule has 5 heteroatoms. The van der Waals surface area contributed by atoms with Crippen LogP contribution in [0.1, 0.15) is 39.7 Å². The monoisotopic (exact) mass is 332 g/mol. The smallest absolute Gasteiger partial charge is 0.266 e. The van der Waals surface area contributed by atoms with E-state index in [-0.39, 0.29) is 12.0 Å². The van der Waals surface area contributed by atoms with Crippen LogP contribution in [-0.4, -0.2) is 35.2 Å². The highest BCUT2D eigenvalue weighted by molar-refractivity contribution is 8.18. The quantitative estimate of drug-likeness (QED) is 0.734. The summed E-state index contributed by atoms with van der Waals surface area (Å²) in [5, 5.41) is 0.794. The minimum atomic E-state index is 0.0321. The Hall–Kier alpha value is -1.75. The molecule has 0 spiro atoms. The highest BCUT2D eigenvalue weighted by Gasteiger charge is 2.31. The molecule has 1 aliphatic rings. The summed E-state index contributed by atoms with van der Waals surface area (Å²) in [4.78, 5) is 19.2. The first-order chi connectivity index (χ1) is 11.1. The average Bonchev–Trinajstić information content (AvgIpc) is 2.84. The van der Waals surface area contributed by atoms with E-state index in [1.807, 2.05) is 44.2 Å². The summed E-state index contributed by atoms with van der Waals surface area (Å²) in [6.45, 7) is 9.42. The fourth-order valence-electron chi connectivity index (χ4n) is 2.15. The second-order valence-electron chi connectivity index (χ2n) is 5.32. The van der Waals surface area contributed by atoms with Gasteiger partial charge in [-0.1, -0.05) is 19.1 Å². The lowest BCUT2D eigenvalue weighted by Gasteiger charge is -2.12. The van der Waals surface area contributed by atoms with Gasteiger partial charge in [0.2, 0.25) is 0 Å². The maximum atomic E-state index is 12.4. The van der Waals surface area contributed by atoms with Gasteiger partial charge in [0.1, 0.15) is 5.75 Å². The van der Waals surface area contributed by atoms with Crippen LogP contribution in [-0.2, 0) is 4.79 Å². The summed E-state index contributed by atoms with van der Waals surface area (Å²) in [7, 11) is 0. The standard InChI is InChI=1S/C18H24N2O2S/c1-5-13(4)22-15-10-8-14(9-11-15)12-16-17(21)20(7-3)18(23-16)19-6-2/h8-13H,5-7H2,1-4H3/b16-12+,19-18?/t13-/m0/s1. The summed E-state index contributed by atoms with van der Waals surface area (Å²) in [6.07, 6.45) is 3.10. The molecule has 1 saturated heterocycles. The van der Waals surface area contributed by atoms with Gasteiger partial charge in [-0.15, -0.1) is 0 Å². The molecule has 0 aliphatic carbocycles. The number of carbonyl (C=O) groups excluding carboxylic acids is 1. The first kappa shape index (κ1) is 17.6. The van der Waals surface area contributed by atoms with E-state index in [1.165, 1.54) is 11.8 Å². The summed E-state index contributed by atoms with van der Waals surface area (Å²) in [5.41, 5.74) is 0.992. The van der Waals surface area contributed by atoms with Crippen LogP contribution in [0.5, 0.6) is 5.75 Å². The molecule has 0 radical (unpaired) electrons. The number of ether oxygens (including phenoxy) is 1. The largest absolute Gasteiger partial charge is 0.491 e. The van der Waals surface area contributed by atoms with Crippen LogP contribution in [0, 0.1) is 0 Å². The lowest BCUT2D eigenvalue weighted by Crippen LogP contribution is -2.28. The van der Waals surface area contributed by atoms with E-state index in [0.29, 0.717) is 13.1 Å². The molecule has 0 unspecified atom stereocenters. The van der Waals surface area contributed by atoms with Crippen molar-refractivity contribution in [1.29, 1.82) is 0 Å². The predicted molar refractivity (Wildman–Crippen MR) is 97.8 cm³/mol. The summed E-state index contributed by atoms with van der Waals surface area (Å²) in [5.74, 6) is 0.889. The van der Waals surface area contributed by atoms with Crippen LogP contribution in [0.3, 0.4) is 0 Å². The van der Waals surface area contributed by atoms with Crippen molar-refractivity contribution in [2.24, 2.45) is 4.99 Å². The van der Waals surface area contributed by atoms with Crippen LogP contribution in [0.2, 0.25) is 0 Å². The molecular formula is C18H24N2O2S. The Morgan fingerprint density at radius 3 is 2.52 bits per heavy atom. The van der Waals surface area contributed by atoms with E-state index < -0.39 is 0 Å². The third-order valence-corrected chi connectivity index (χ3v) is 4.63. The van der Waals surface area contributed by atoms with Crippen molar-refractivity contribution >= 4 is 28.9 Å². The van der Waals surface area contributed by atoms with Gasteiger partial charge in [0.05, 0.1) is 11.0 Å². The van der Waals surface area contributed by atoms with Gasteiger partial charge < -0.3 is 4.74 Å². The number of hydrogen-bond acceptors (Lipinski definition) is 4. The average molecular weight is 332 g/mol. The van der Waals surface area contributed by atoms with Gasteiger partial charge in [0.25, 0.3) is 5.91 Å². The van der Waals surface area contributed by atoms with E-state index in [0.717, 1.165) is 27.8 Å². The molecule has 124 valence electrons. The van der Waals surface area contributed by atoms with Gasteiger partial charge >= 0.3 is 0 Å². The number of benzene rings is 1. The highest BCUT2D eigenvalue weighted by atomic mass is 32.2. The molecule has 0 saturated carbocycles. The number of carbonyl (C=O) groups is 1. The fraction of sp³-hybridized carbons (Fsp3) is 0.444.